The minimum absolute atomic E-state index is 0.136. The van der Waals surface area contributed by atoms with Crippen molar-refractivity contribution in [2.75, 3.05) is 11.5 Å². The first kappa shape index (κ1) is 15.5. The second kappa shape index (κ2) is 6.04. The summed E-state index contributed by atoms with van der Waals surface area (Å²) in [6.45, 7) is 0.650. The molecule has 3 rings (SSSR count). The van der Waals surface area contributed by atoms with E-state index in [1.54, 1.807) is 45.8 Å². The van der Waals surface area contributed by atoms with E-state index in [0.29, 0.717) is 35.6 Å². The van der Waals surface area contributed by atoms with E-state index < -0.39 is 0 Å². The molecule has 24 heavy (non-hydrogen) atoms. The van der Waals surface area contributed by atoms with Gasteiger partial charge in [0.05, 0.1) is 13.1 Å². The Morgan fingerprint density at radius 1 is 0.792 bits per heavy atom. The number of nitrogens with one attached hydrogen (secondary N) is 1. The van der Waals surface area contributed by atoms with Crippen LogP contribution in [-0.2, 0) is 13.1 Å². The van der Waals surface area contributed by atoms with Gasteiger partial charge in [0.1, 0.15) is 11.5 Å². The molecule has 0 bridgehead atoms. The Labute approximate surface area is 138 Å². The Balaban J connectivity index is 1.87. The molecule has 0 aliphatic heterocycles. The Morgan fingerprint density at radius 2 is 1.21 bits per heavy atom. The van der Waals surface area contributed by atoms with Gasteiger partial charge in [0.25, 0.3) is 0 Å². The summed E-state index contributed by atoms with van der Waals surface area (Å²) in [6, 6.07) is 9.69. The zero-order chi connectivity index (χ0) is 17.3. The predicted molar refractivity (Wildman–Crippen MR) is 91.5 cm³/mol. The maximum absolute atomic E-state index is 9.91. The summed E-state index contributed by atoms with van der Waals surface area (Å²) in [5.41, 5.74) is 14.1. The van der Waals surface area contributed by atoms with Crippen molar-refractivity contribution < 1.29 is 10.2 Å². The normalized spacial score (nSPS) is 10.8. The van der Waals surface area contributed by atoms with Gasteiger partial charge < -0.3 is 30.8 Å². The van der Waals surface area contributed by atoms with Crippen LogP contribution in [-0.4, -0.2) is 19.3 Å². The van der Waals surface area contributed by atoms with Gasteiger partial charge in [-0.3, -0.25) is 5.41 Å². The van der Waals surface area contributed by atoms with Gasteiger partial charge in [-0.05, 0) is 36.4 Å². The summed E-state index contributed by atoms with van der Waals surface area (Å²) in [5.74, 6) is 0.273. The number of hydrogen-bond donors (Lipinski definition) is 5. The lowest BCUT2D eigenvalue weighted by molar-refractivity contribution is 0.463. The summed E-state index contributed by atoms with van der Waals surface area (Å²) >= 11 is 0. The van der Waals surface area contributed by atoms with Crippen LogP contribution in [0.5, 0.6) is 11.5 Å². The number of rotatable bonds is 4. The van der Waals surface area contributed by atoms with Gasteiger partial charge in [-0.15, -0.1) is 0 Å². The number of hydrogen-bond acceptors (Lipinski definition) is 5. The molecule has 0 saturated carbocycles. The van der Waals surface area contributed by atoms with Crippen LogP contribution in [0, 0.1) is 5.41 Å². The molecule has 0 fully saturated rings. The number of nitrogens with two attached hydrogens (primary N) is 2. The first-order valence-corrected chi connectivity index (χ1v) is 7.39. The van der Waals surface area contributed by atoms with Crippen LogP contribution in [0.15, 0.2) is 48.8 Å². The average Bonchev–Trinajstić information content (AvgIpc) is 2.88. The van der Waals surface area contributed by atoms with E-state index in [1.807, 2.05) is 0 Å². The molecule has 124 valence electrons. The maximum atomic E-state index is 9.91. The third kappa shape index (κ3) is 3.05. The average molecular weight is 325 g/mol. The smallest absolute Gasteiger partial charge is 0.202 e. The second-order valence-electron chi connectivity index (χ2n) is 5.65. The van der Waals surface area contributed by atoms with Crippen molar-refractivity contribution in [3.8, 4) is 11.5 Å². The molecule has 0 aliphatic carbocycles. The third-order valence-electron chi connectivity index (χ3n) is 3.86. The molecule has 0 amide bonds. The Kier molecular flexibility index (Phi) is 3.91. The van der Waals surface area contributed by atoms with E-state index in [-0.39, 0.29) is 17.1 Å². The summed E-state index contributed by atoms with van der Waals surface area (Å²) < 4.78 is 3.36. The van der Waals surface area contributed by atoms with E-state index in [2.05, 4.69) is 0 Å². The Morgan fingerprint density at radius 3 is 1.62 bits per heavy atom. The number of nitrogen functional groups attached to an aromatic ring is 2. The highest BCUT2D eigenvalue weighted by Gasteiger charge is 2.08. The van der Waals surface area contributed by atoms with E-state index in [4.69, 9.17) is 16.9 Å². The fourth-order valence-electron chi connectivity index (χ4n) is 2.55. The molecule has 3 aromatic rings. The molecule has 7 heteroatoms. The number of phenols is 2. The van der Waals surface area contributed by atoms with Crippen LogP contribution in [0.2, 0.25) is 0 Å². The monoisotopic (exact) mass is 325 g/mol. The molecule has 0 aliphatic rings. The Hall–Kier alpha value is -3.35. The lowest BCUT2D eigenvalue weighted by atomic mass is 10.2. The van der Waals surface area contributed by atoms with Crippen molar-refractivity contribution >= 4 is 11.4 Å². The van der Waals surface area contributed by atoms with E-state index in [9.17, 15) is 10.2 Å². The zero-order valence-electron chi connectivity index (χ0n) is 13.0. The molecule has 1 heterocycles. The lowest BCUT2D eigenvalue weighted by Gasteiger charge is -2.09. The van der Waals surface area contributed by atoms with Gasteiger partial charge in [0.2, 0.25) is 5.62 Å². The first-order valence-electron chi connectivity index (χ1n) is 7.39. The van der Waals surface area contributed by atoms with Crippen molar-refractivity contribution in [1.29, 1.82) is 5.41 Å². The van der Waals surface area contributed by atoms with Crippen molar-refractivity contribution in [1.82, 2.24) is 9.13 Å². The molecule has 0 radical (unpaired) electrons. The number of phenolic OH excluding ortho intramolecular Hbond substituents is 2. The lowest BCUT2D eigenvalue weighted by Crippen LogP contribution is -2.25. The highest BCUT2D eigenvalue weighted by Crippen LogP contribution is 2.21. The minimum Gasteiger partial charge on any atom is -0.508 e. The molecule has 7 N–H and O–H groups in total. The van der Waals surface area contributed by atoms with Crippen LogP contribution in [0.25, 0.3) is 0 Å². The molecule has 0 spiro atoms. The SMILES string of the molecule is N=c1n(Cc2cc(N)ccc2O)ccn1Cc1cc(N)ccc1O. The van der Waals surface area contributed by atoms with Crippen molar-refractivity contribution in [2.24, 2.45) is 0 Å². The molecule has 2 aromatic carbocycles. The number of aromatic nitrogens is 2. The van der Waals surface area contributed by atoms with Gasteiger partial charge in [-0.2, -0.15) is 0 Å². The van der Waals surface area contributed by atoms with Crippen LogP contribution >= 0.6 is 0 Å². The van der Waals surface area contributed by atoms with Gasteiger partial charge in [0.15, 0.2) is 0 Å². The molecular formula is C17H19N5O2. The van der Waals surface area contributed by atoms with Crippen molar-refractivity contribution in [3.63, 3.8) is 0 Å². The molecule has 0 atom stereocenters. The summed E-state index contributed by atoms with van der Waals surface area (Å²) in [7, 11) is 0. The Bertz CT molecular complexity index is 868. The standard InChI is InChI=1S/C17H19N5O2/c18-13-1-3-15(23)11(7-13)9-21-5-6-22(17(21)20)10-12-8-14(19)2-4-16(12)24/h1-8,20,23-24H,9-10,18-19H2. The van der Waals surface area contributed by atoms with Crippen LogP contribution < -0.4 is 17.1 Å². The number of imidazole rings is 1. The number of nitrogens with zero attached hydrogens (tertiary/aromatic N) is 2. The minimum atomic E-state index is 0.136. The van der Waals surface area contributed by atoms with Gasteiger partial charge in [-0.25, -0.2) is 0 Å². The van der Waals surface area contributed by atoms with Gasteiger partial charge in [0, 0.05) is 34.9 Å². The molecule has 1 aromatic heterocycles. The molecule has 0 unspecified atom stereocenters. The van der Waals surface area contributed by atoms with Crippen LogP contribution in [0.3, 0.4) is 0 Å². The largest absolute Gasteiger partial charge is 0.508 e. The predicted octanol–water partition coefficient (Wildman–Crippen LogP) is 1.44. The van der Waals surface area contributed by atoms with Gasteiger partial charge in [-0.1, -0.05) is 0 Å². The highest BCUT2D eigenvalue weighted by molar-refractivity contribution is 5.48. The molecular weight excluding hydrogens is 306 g/mol. The summed E-state index contributed by atoms with van der Waals surface area (Å²) in [5, 5.41) is 28.1. The van der Waals surface area contributed by atoms with E-state index >= 15 is 0 Å². The highest BCUT2D eigenvalue weighted by atomic mass is 16.3. The summed E-state index contributed by atoms with van der Waals surface area (Å²) in [4.78, 5) is 0. The second-order valence-corrected chi connectivity index (χ2v) is 5.65. The number of benzene rings is 2. The maximum Gasteiger partial charge on any atom is 0.202 e. The van der Waals surface area contributed by atoms with Crippen molar-refractivity contribution in [2.45, 2.75) is 13.1 Å². The number of aromatic hydroxyl groups is 2. The topological polar surface area (TPSA) is 126 Å². The fourth-order valence-corrected chi connectivity index (χ4v) is 2.55. The quantitative estimate of drug-likeness (QED) is 0.367. The third-order valence-corrected chi connectivity index (χ3v) is 3.86. The van der Waals surface area contributed by atoms with Crippen LogP contribution in [0.1, 0.15) is 11.1 Å². The fraction of sp³-hybridized carbons (Fsp3) is 0.118. The number of anilines is 2. The zero-order valence-corrected chi connectivity index (χ0v) is 13.0. The van der Waals surface area contributed by atoms with Gasteiger partial charge >= 0.3 is 0 Å². The van der Waals surface area contributed by atoms with E-state index in [0.717, 1.165) is 0 Å². The molecule has 0 saturated heterocycles. The van der Waals surface area contributed by atoms with Crippen LogP contribution in [0.4, 0.5) is 11.4 Å². The van der Waals surface area contributed by atoms with Crippen molar-refractivity contribution in [3.05, 3.63) is 65.5 Å². The van der Waals surface area contributed by atoms with E-state index in [1.165, 1.54) is 12.1 Å². The summed E-state index contributed by atoms with van der Waals surface area (Å²) in [6.07, 6.45) is 3.49. The first-order chi connectivity index (χ1) is 11.4. The molecule has 7 nitrogen and oxygen atoms in total.